The van der Waals surface area contributed by atoms with E-state index in [9.17, 15) is 13.2 Å². The Morgan fingerprint density at radius 3 is 2.71 bits per heavy atom. The second kappa shape index (κ2) is 7.96. The molecule has 1 aliphatic carbocycles. The van der Waals surface area contributed by atoms with Crippen molar-refractivity contribution in [3.8, 4) is 5.75 Å². The number of aliphatic carboxylic acids is 1. The first-order valence-corrected chi connectivity index (χ1v) is 9.57. The fourth-order valence-corrected chi connectivity index (χ4v) is 4.33. The minimum atomic E-state index is -3.44. The third kappa shape index (κ3) is 5.19. The molecule has 2 rings (SSSR count). The molecule has 8 heteroatoms. The molecule has 1 saturated carbocycles. The van der Waals surface area contributed by atoms with Crippen LogP contribution < -0.4 is 9.46 Å². The van der Waals surface area contributed by atoms with Crippen LogP contribution in [0, 0.1) is 0 Å². The Hall–Kier alpha value is -1.64. The zero-order chi connectivity index (χ0) is 17.7. The average Bonchev–Trinajstić information content (AvgIpc) is 2.48. The second-order valence-corrected chi connectivity index (χ2v) is 7.76. The Balaban J connectivity index is 1.86. The Morgan fingerprint density at radius 1 is 1.42 bits per heavy atom. The van der Waals surface area contributed by atoms with Crippen molar-refractivity contribution in [1.82, 2.24) is 9.62 Å². The Kier molecular flexibility index (Phi) is 6.20. The zero-order valence-corrected chi connectivity index (χ0v) is 14.8. The second-order valence-electron chi connectivity index (χ2n) is 6.01. The van der Waals surface area contributed by atoms with Crippen LogP contribution in [-0.4, -0.2) is 56.7 Å². The molecule has 134 valence electrons. The molecule has 0 bridgehead atoms. The van der Waals surface area contributed by atoms with E-state index in [4.69, 9.17) is 9.84 Å². The van der Waals surface area contributed by atoms with Crippen molar-refractivity contribution in [2.45, 2.75) is 37.6 Å². The number of methoxy groups -OCH3 is 1. The van der Waals surface area contributed by atoms with Gasteiger partial charge in [-0.2, -0.15) is 0 Å². The van der Waals surface area contributed by atoms with E-state index in [2.05, 4.69) is 4.72 Å². The summed E-state index contributed by atoms with van der Waals surface area (Å²) in [7, 11) is -1.90. The molecule has 0 aliphatic heterocycles. The number of rotatable bonds is 9. The molecule has 0 radical (unpaired) electrons. The molecule has 0 heterocycles. The van der Waals surface area contributed by atoms with Crippen LogP contribution >= 0.6 is 0 Å². The first kappa shape index (κ1) is 18.7. The first-order chi connectivity index (χ1) is 11.3. The Bertz CT molecular complexity index is 671. The third-order valence-electron chi connectivity index (χ3n) is 4.21. The molecule has 2 N–H and O–H groups in total. The minimum Gasteiger partial charge on any atom is -0.497 e. The fraction of sp³-hybridized carbons (Fsp3) is 0.562. The van der Waals surface area contributed by atoms with Crippen LogP contribution in [0.5, 0.6) is 5.75 Å². The summed E-state index contributed by atoms with van der Waals surface area (Å²) in [5.74, 6) is -0.338. The maximum absolute atomic E-state index is 12.3. The molecule has 7 nitrogen and oxygen atoms in total. The fourth-order valence-electron chi connectivity index (χ4n) is 2.93. The van der Waals surface area contributed by atoms with Crippen LogP contribution in [0.4, 0.5) is 0 Å². The molecule has 0 spiro atoms. The van der Waals surface area contributed by atoms with E-state index < -0.39 is 16.0 Å². The number of hydrogen-bond acceptors (Lipinski definition) is 5. The lowest BCUT2D eigenvalue weighted by Gasteiger charge is -2.42. The average molecular weight is 356 g/mol. The highest BCUT2D eigenvalue weighted by Crippen LogP contribution is 2.26. The van der Waals surface area contributed by atoms with E-state index in [0.717, 1.165) is 0 Å². The smallest absolute Gasteiger partial charge is 0.317 e. The van der Waals surface area contributed by atoms with Gasteiger partial charge >= 0.3 is 5.97 Å². The van der Waals surface area contributed by atoms with Gasteiger partial charge in [-0.3, -0.25) is 9.69 Å². The summed E-state index contributed by atoms with van der Waals surface area (Å²) < 4.78 is 32.3. The van der Waals surface area contributed by atoms with Crippen molar-refractivity contribution in [2.75, 3.05) is 20.2 Å². The van der Waals surface area contributed by atoms with Crippen molar-refractivity contribution in [3.63, 3.8) is 0 Å². The van der Waals surface area contributed by atoms with Crippen molar-refractivity contribution in [3.05, 3.63) is 29.8 Å². The first-order valence-electron chi connectivity index (χ1n) is 7.91. The molecule has 0 atom stereocenters. The maximum Gasteiger partial charge on any atom is 0.317 e. The molecule has 24 heavy (non-hydrogen) atoms. The van der Waals surface area contributed by atoms with Crippen LogP contribution in [0.25, 0.3) is 0 Å². The number of benzene rings is 1. The molecule has 1 aromatic carbocycles. The van der Waals surface area contributed by atoms with E-state index >= 15 is 0 Å². The van der Waals surface area contributed by atoms with Crippen molar-refractivity contribution < 1.29 is 23.1 Å². The van der Waals surface area contributed by atoms with Gasteiger partial charge in [-0.25, -0.2) is 13.1 Å². The molecule has 1 fully saturated rings. The molecule has 0 saturated heterocycles. The standard InChI is InChI=1S/C16H24N2O5S/c1-3-18(10-16(19)20)14-8-13(9-14)17-24(21,22)11-12-5-4-6-15(7-12)23-2/h4-7,13-14,17H,3,8-11H2,1-2H3,(H,19,20). The van der Waals surface area contributed by atoms with Crippen LogP contribution in [0.1, 0.15) is 25.3 Å². The van der Waals surface area contributed by atoms with E-state index in [1.54, 1.807) is 24.3 Å². The van der Waals surface area contributed by atoms with Gasteiger partial charge in [-0.15, -0.1) is 0 Å². The zero-order valence-electron chi connectivity index (χ0n) is 13.9. The van der Waals surface area contributed by atoms with Gasteiger partial charge in [0.05, 0.1) is 19.4 Å². The minimum absolute atomic E-state index is 0.00948. The molecular weight excluding hydrogens is 332 g/mol. The van der Waals surface area contributed by atoms with E-state index in [-0.39, 0.29) is 24.4 Å². The van der Waals surface area contributed by atoms with Crippen LogP contribution in [0.3, 0.4) is 0 Å². The number of carboxylic acids is 1. The number of hydrogen-bond donors (Lipinski definition) is 2. The number of likely N-dealkylation sites (N-methyl/N-ethyl adjacent to an activating group) is 1. The lowest BCUT2D eigenvalue weighted by atomic mass is 9.86. The van der Waals surface area contributed by atoms with Gasteiger partial charge in [0, 0.05) is 12.1 Å². The summed E-state index contributed by atoms with van der Waals surface area (Å²) in [5.41, 5.74) is 0.666. The number of carboxylic acid groups (broad SMARTS) is 1. The number of nitrogens with zero attached hydrogens (tertiary/aromatic N) is 1. The largest absolute Gasteiger partial charge is 0.497 e. The lowest BCUT2D eigenvalue weighted by Crippen LogP contribution is -2.54. The number of ether oxygens (including phenoxy) is 1. The molecule has 0 aromatic heterocycles. The number of carbonyl (C=O) groups is 1. The molecule has 0 unspecified atom stereocenters. The van der Waals surface area contributed by atoms with E-state index in [1.807, 2.05) is 11.8 Å². The highest BCUT2D eigenvalue weighted by Gasteiger charge is 2.35. The van der Waals surface area contributed by atoms with E-state index in [0.29, 0.717) is 30.7 Å². The maximum atomic E-state index is 12.3. The monoisotopic (exact) mass is 356 g/mol. The van der Waals surface area contributed by atoms with Gasteiger partial charge in [0.1, 0.15) is 5.75 Å². The van der Waals surface area contributed by atoms with E-state index in [1.165, 1.54) is 7.11 Å². The molecule has 1 aromatic rings. The summed E-state index contributed by atoms with van der Waals surface area (Å²) in [6.07, 6.45) is 1.27. The van der Waals surface area contributed by atoms with Crippen molar-refractivity contribution in [1.29, 1.82) is 0 Å². The van der Waals surface area contributed by atoms with Gasteiger partial charge in [0.25, 0.3) is 0 Å². The summed E-state index contributed by atoms with van der Waals surface area (Å²) >= 11 is 0. The van der Waals surface area contributed by atoms with Gasteiger partial charge in [0.15, 0.2) is 0 Å². The summed E-state index contributed by atoms with van der Waals surface area (Å²) in [4.78, 5) is 12.7. The highest BCUT2D eigenvalue weighted by atomic mass is 32.2. The highest BCUT2D eigenvalue weighted by molar-refractivity contribution is 7.88. The Labute approximate surface area is 142 Å². The summed E-state index contributed by atoms with van der Waals surface area (Å²) in [6.45, 7) is 2.54. The van der Waals surface area contributed by atoms with Gasteiger partial charge in [-0.1, -0.05) is 19.1 Å². The summed E-state index contributed by atoms with van der Waals surface area (Å²) in [5, 5.41) is 8.88. The third-order valence-corrected chi connectivity index (χ3v) is 5.62. The quantitative estimate of drug-likeness (QED) is 0.687. The van der Waals surface area contributed by atoms with Gasteiger partial charge < -0.3 is 9.84 Å². The molecule has 1 aliphatic rings. The van der Waals surface area contributed by atoms with Crippen LogP contribution in [0.15, 0.2) is 24.3 Å². The summed E-state index contributed by atoms with van der Waals surface area (Å²) in [6, 6.07) is 6.96. The van der Waals surface area contributed by atoms with Crippen molar-refractivity contribution in [2.24, 2.45) is 0 Å². The topological polar surface area (TPSA) is 95.9 Å². The predicted octanol–water partition coefficient (Wildman–Crippen LogP) is 1.05. The van der Waals surface area contributed by atoms with Crippen molar-refractivity contribution >= 4 is 16.0 Å². The predicted molar refractivity (Wildman–Crippen MR) is 90.4 cm³/mol. The Morgan fingerprint density at radius 2 is 2.12 bits per heavy atom. The van der Waals surface area contributed by atoms with Gasteiger partial charge in [-0.05, 0) is 37.1 Å². The molecular formula is C16H24N2O5S. The molecule has 0 amide bonds. The van der Waals surface area contributed by atoms with Gasteiger partial charge in [0.2, 0.25) is 10.0 Å². The normalized spacial score (nSPS) is 20.6. The van der Waals surface area contributed by atoms with Crippen LogP contribution in [0.2, 0.25) is 0 Å². The number of nitrogens with one attached hydrogen (secondary N) is 1. The SMILES string of the molecule is CCN(CC(=O)O)C1CC(NS(=O)(=O)Cc2cccc(OC)c2)C1. The number of sulfonamides is 1. The lowest BCUT2D eigenvalue weighted by molar-refractivity contribution is -0.139. The van der Waals surface area contributed by atoms with Crippen LogP contribution in [-0.2, 0) is 20.6 Å².